The maximum Gasteiger partial charge on any atom is 0.166 e. The van der Waals surface area contributed by atoms with Crippen LogP contribution in [0.4, 0.5) is 4.39 Å². The minimum atomic E-state index is -0.299. The van der Waals surface area contributed by atoms with Crippen molar-refractivity contribution in [2.75, 3.05) is 0 Å². The van der Waals surface area contributed by atoms with E-state index in [4.69, 9.17) is 0 Å². The molecule has 0 saturated heterocycles. The monoisotopic (exact) mass is 246 g/mol. The van der Waals surface area contributed by atoms with Gasteiger partial charge < -0.3 is 0 Å². The standard InChI is InChI=1S/C14H11FOS/c15-10-5-3-9(4-6-10)14(16)12-8-11(12)13-2-1-7-17-13/h1-7,11-12H,8H2. The highest BCUT2D eigenvalue weighted by molar-refractivity contribution is 7.10. The van der Waals surface area contributed by atoms with Crippen LogP contribution in [0.25, 0.3) is 0 Å². The van der Waals surface area contributed by atoms with Crippen molar-refractivity contribution in [1.29, 1.82) is 0 Å². The number of rotatable bonds is 3. The number of halogens is 1. The Balaban J connectivity index is 1.75. The van der Waals surface area contributed by atoms with Crippen LogP contribution in [0.1, 0.15) is 27.6 Å². The van der Waals surface area contributed by atoms with Crippen LogP contribution in [0.15, 0.2) is 41.8 Å². The highest BCUT2D eigenvalue weighted by Crippen LogP contribution is 2.50. The minimum Gasteiger partial charge on any atom is -0.294 e. The van der Waals surface area contributed by atoms with Gasteiger partial charge in [0.1, 0.15) is 5.82 Å². The van der Waals surface area contributed by atoms with E-state index in [1.54, 1.807) is 23.5 Å². The molecule has 3 rings (SSSR count). The number of Topliss-reactive ketones (excluding diaryl/α,β-unsaturated/α-hetero) is 1. The predicted octanol–water partition coefficient (Wildman–Crippen LogP) is 3.87. The van der Waals surface area contributed by atoms with Gasteiger partial charge in [0.2, 0.25) is 0 Å². The number of carbonyl (C=O) groups excluding carboxylic acids is 1. The third-order valence-corrected chi connectivity index (χ3v) is 4.17. The van der Waals surface area contributed by atoms with Crippen molar-refractivity contribution in [3.8, 4) is 0 Å². The summed E-state index contributed by atoms with van der Waals surface area (Å²) in [4.78, 5) is 13.4. The number of thiophene rings is 1. The molecule has 0 radical (unpaired) electrons. The quantitative estimate of drug-likeness (QED) is 0.751. The minimum absolute atomic E-state index is 0.0964. The summed E-state index contributed by atoms with van der Waals surface area (Å²) in [5.74, 6) is 0.321. The smallest absolute Gasteiger partial charge is 0.166 e. The summed E-state index contributed by atoms with van der Waals surface area (Å²) in [6, 6.07) is 9.92. The third kappa shape index (κ3) is 2.03. The molecule has 0 bridgehead atoms. The molecule has 0 amide bonds. The Morgan fingerprint density at radius 3 is 2.65 bits per heavy atom. The fourth-order valence-electron chi connectivity index (χ4n) is 2.13. The topological polar surface area (TPSA) is 17.1 Å². The van der Waals surface area contributed by atoms with Gasteiger partial charge in [-0.15, -0.1) is 11.3 Å². The van der Waals surface area contributed by atoms with Crippen LogP contribution in [-0.4, -0.2) is 5.78 Å². The van der Waals surface area contributed by atoms with Gasteiger partial charge in [-0.05, 0) is 42.1 Å². The third-order valence-electron chi connectivity index (χ3n) is 3.16. The van der Waals surface area contributed by atoms with Gasteiger partial charge in [-0.2, -0.15) is 0 Å². The molecule has 1 aromatic heterocycles. The molecule has 1 aliphatic rings. The van der Waals surface area contributed by atoms with Crippen LogP contribution in [-0.2, 0) is 0 Å². The molecule has 1 fully saturated rings. The zero-order valence-electron chi connectivity index (χ0n) is 9.10. The first-order valence-electron chi connectivity index (χ1n) is 5.59. The van der Waals surface area contributed by atoms with Gasteiger partial charge in [-0.3, -0.25) is 4.79 Å². The Hall–Kier alpha value is -1.48. The Bertz CT molecular complexity index is 530. The van der Waals surface area contributed by atoms with E-state index in [1.165, 1.54) is 17.0 Å². The van der Waals surface area contributed by atoms with E-state index in [1.807, 2.05) is 11.4 Å². The second kappa shape index (κ2) is 4.08. The van der Waals surface area contributed by atoms with Crippen LogP contribution in [0.2, 0.25) is 0 Å². The first-order valence-corrected chi connectivity index (χ1v) is 6.47. The lowest BCUT2D eigenvalue weighted by Crippen LogP contribution is -2.02. The molecule has 1 aliphatic carbocycles. The number of hydrogen-bond acceptors (Lipinski definition) is 2. The molecule has 0 aliphatic heterocycles. The highest BCUT2D eigenvalue weighted by Gasteiger charge is 2.44. The molecule has 0 N–H and O–H groups in total. The highest BCUT2D eigenvalue weighted by atomic mass is 32.1. The van der Waals surface area contributed by atoms with Gasteiger partial charge in [0.05, 0.1) is 0 Å². The molecule has 86 valence electrons. The Morgan fingerprint density at radius 2 is 2.00 bits per heavy atom. The van der Waals surface area contributed by atoms with Crippen LogP contribution < -0.4 is 0 Å². The second-order valence-corrected chi connectivity index (χ2v) is 5.31. The molecule has 1 aromatic carbocycles. The summed E-state index contributed by atoms with van der Waals surface area (Å²) in [6.07, 6.45) is 0.927. The molecule has 2 aromatic rings. The van der Waals surface area contributed by atoms with Gasteiger partial charge in [0, 0.05) is 22.3 Å². The Kier molecular flexibility index (Phi) is 2.56. The average Bonchev–Trinajstić information content (AvgIpc) is 2.95. The molecular weight excluding hydrogens is 235 g/mol. The van der Waals surface area contributed by atoms with E-state index in [0.717, 1.165) is 6.42 Å². The number of benzene rings is 1. The van der Waals surface area contributed by atoms with E-state index >= 15 is 0 Å². The zero-order valence-corrected chi connectivity index (χ0v) is 9.91. The molecule has 1 heterocycles. The van der Waals surface area contributed by atoms with E-state index in [0.29, 0.717) is 11.5 Å². The lowest BCUT2D eigenvalue weighted by atomic mass is 10.1. The summed E-state index contributed by atoms with van der Waals surface area (Å²) in [5.41, 5.74) is 0.621. The summed E-state index contributed by atoms with van der Waals surface area (Å²) in [6.45, 7) is 0. The summed E-state index contributed by atoms with van der Waals surface area (Å²) in [5, 5.41) is 2.03. The maximum absolute atomic E-state index is 12.8. The molecule has 0 spiro atoms. The molecule has 1 nitrogen and oxygen atoms in total. The number of ketones is 1. The van der Waals surface area contributed by atoms with Crippen LogP contribution in [0, 0.1) is 11.7 Å². The Morgan fingerprint density at radius 1 is 1.24 bits per heavy atom. The zero-order chi connectivity index (χ0) is 11.8. The van der Waals surface area contributed by atoms with Crippen molar-refractivity contribution in [1.82, 2.24) is 0 Å². The number of carbonyl (C=O) groups is 1. The molecule has 17 heavy (non-hydrogen) atoms. The van der Waals surface area contributed by atoms with E-state index < -0.39 is 0 Å². The summed E-state index contributed by atoms with van der Waals surface area (Å²) in [7, 11) is 0. The predicted molar refractivity (Wildman–Crippen MR) is 65.9 cm³/mol. The van der Waals surface area contributed by atoms with Gasteiger partial charge in [-0.1, -0.05) is 6.07 Å². The van der Waals surface area contributed by atoms with Gasteiger partial charge >= 0.3 is 0 Å². The molecule has 2 atom stereocenters. The van der Waals surface area contributed by atoms with Crippen molar-refractivity contribution in [3.05, 3.63) is 58.0 Å². The van der Waals surface area contributed by atoms with Gasteiger partial charge in [0.25, 0.3) is 0 Å². The van der Waals surface area contributed by atoms with Gasteiger partial charge in [0.15, 0.2) is 5.78 Å². The average molecular weight is 246 g/mol. The van der Waals surface area contributed by atoms with Crippen molar-refractivity contribution in [3.63, 3.8) is 0 Å². The molecule has 2 unspecified atom stereocenters. The van der Waals surface area contributed by atoms with E-state index in [9.17, 15) is 9.18 Å². The summed E-state index contributed by atoms with van der Waals surface area (Å²) >= 11 is 1.70. The van der Waals surface area contributed by atoms with Crippen LogP contribution in [0.5, 0.6) is 0 Å². The second-order valence-electron chi connectivity index (χ2n) is 4.34. The molecule has 1 saturated carbocycles. The van der Waals surface area contributed by atoms with Crippen molar-refractivity contribution < 1.29 is 9.18 Å². The van der Waals surface area contributed by atoms with E-state index in [-0.39, 0.29) is 17.5 Å². The largest absolute Gasteiger partial charge is 0.294 e. The van der Waals surface area contributed by atoms with Crippen LogP contribution in [0.3, 0.4) is 0 Å². The molecule has 3 heteroatoms. The Labute approximate surface area is 103 Å². The van der Waals surface area contributed by atoms with Gasteiger partial charge in [-0.25, -0.2) is 4.39 Å². The van der Waals surface area contributed by atoms with Crippen molar-refractivity contribution in [2.45, 2.75) is 12.3 Å². The summed E-state index contributed by atoms with van der Waals surface area (Å²) < 4.78 is 12.8. The maximum atomic E-state index is 12.8. The SMILES string of the molecule is O=C(c1ccc(F)cc1)C1CC1c1cccs1. The first kappa shape index (κ1) is 10.7. The number of hydrogen-bond donors (Lipinski definition) is 0. The van der Waals surface area contributed by atoms with Crippen molar-refractivity contribution in [2.24, 2.45) is 5.92 Å². The fraction of sp³-hybridized carbons (Fsp3) is 0.214. The van der Waals surface area contributed by atoms with E-state index in [2.05, 4.69) is 6.07 Å². The molecular formula is C14H11FOS. The van der Waals surface area contributed by atoms with Crippen LogP contribution >= 0.6 is 11.3 Å². The lowest BCUT2D eigenvalue weighted by Gasteiger charge is -1.99. The lowest BCUT2D eigenvalue weighted by molar-refractivity contribution is 0.0965. The fourth-order valence-corrected chi connectivity index (χ4v) is 3.04. The van der Waals surface area contributed by atoms with Crippen molar-refractivity contribution >= 4 is 17.1 Å². The first-order chi connectivity index (χ1) is 8.25. The normalized spacial score (nSPS) is 22.4.